The van der Waals surface area contributed by atoms with Crippen molar-refractivity contribution in [2.75, 3.05) is 11.9 Å². The summed E-state index contributed by atoms with van der Waals surface area (Å²) in [6.07, 6.45) is 1.21. The number of hydrogen-bond donors (Lipinski definition) is 0. The lowest BCUT2D eigenvalue weighted by molar-refractivity contribution is 0.0584. The van der Waals surface area contributed by atoms with E-state index in [0.717, 1.165) is 4.47 Å². The number of furan rings is 1. The van der Waals surface area contributed by atoms with E-state index < -0.39 is 11.7 Å². The number of hydrogen-bond acceptors (Lipinski definition) is 4. The van der Waals surface area contributed by atoms with E-state index in [4.69, 9.17) is 9.15 Å². The number of pyridine rings is 1. The maximum Gasteiger partial charge on any atom is 0.416 e. The molecule has 0 saturated carbocycles. The van der Waals surface area contributed by atoms with Crippen molar-refractivity contribution >= 4 is 39.0 Å². The molecule has 2 rings (SSSR count). The molecule has 0 fully saturated rings. The highest BCUT2D eigenvalue weighted by molar-refractivity contribution is 9.10. The predicted octanol–water partition coefficient (Wildman–Crippen LogP) is 3.96. The zero-order valence-electron chi connectivity index (χ0n) is 11.2. The Morgan fingerprint density at radius 2 is 2.11 bits per heavy atom. The van der Waals surface area contributed by atoms with Crippen molar-refractivity contribution in [1.82, 2.24) is 4.98 Å². The molecule has 0 spiro atoms. The van der Waals surface area contributed by atoms with Crippen LogP contribution >= 0.6 is 15.9 Å². The Balaban J connectivity index is 2.26. The highest BCUT2D eigenvalue weighted by Crippen LogP contribution is 2.26. The van der Waals surface area contributed by atoms with Crippen molar-refractivity contribution in [3.63, 3.8) is 0 Å². The summed E-state index contributed by atoms with van der Waals surface area (Å²) in [5.74, 6) is 0.398. The minimum atomic E-state index is -0.543. The Morgan fingerprint density at radius 1 is 1.42 bits per heavy atom. The maximum absolute atomic E-state index is 11.9. The number of halogens is 1. The van der Waals surface area contributed by atoms with Crippen LogP contribution in [0.5, 0.6) is 0 Å². The van der Waals surface area contributed by atoms with E-state index in [1.807, 2.05) is 20.8 Å². The van der Waals surface area contributed by atoms with Gasteiger partial charge in [-0.15, -0.1) is 0 Å². The number of rotatable bonds is 1. The molecule has 6 heteroatoms. The molecule has 19 heavy (non-hydrogen) atoms. The van der Waals surface area contributed by atoms with Crippen molar-refractivity contribution < 1.29 is 13.9 Å². The van der Waals surface area contributed by atoms with Crippen molar-refractivity contribution in [1.29, 1.82) is 0 Å². The van der Waals surface area contributed by atoms with Crippen molar-refractivity contribution in [3.8, 4) is 0 Å². The molecule has 0 aliphatic rings. The van der Waals surface area contributed by atoms with Crippen LogP contribution in [0.15, 0.2) is 27.2 Å². The van der Waals surface area contributed by atoms with Gasteiger partial charge in [0.1, 0.15) is 11.1 Å². The SMILES string of the molecule is CN(C(=O)OC(C)(C)C)c1cc2ncc(Br)cc2o1. The summed E-state index contributed by atoms with van der Waals surface area (Å²) >= 11 is 3.32. The van der Waals surface area contributed by atoms with Crippen LogP contribution in [0.2, 0.25) is 0 Å². The molecule has 0 saturated heterocycles. The first-order valence-electron chi connectivity index (χ1n) is 5.78. The summed E-state index contributed by atoms with van der Waals surface area (Å²) in [6.45, 7) is 5.45. The van der Waals surface area contributed by atoms with Crippen LogP contribution in [-0.4, -0.2) is 23.7 Å². The number of amides is 1. The lowest BCUT2D eigenvalue weighted by Crippen LogP contribution is -2.33. The average Bonchev–Trinajstić information content (AvgIpc) is 2.68. The van der Waals surface area contributed by atoms with Crippen LogP contribution in [0.1, 0.15) is 20.8 Å². The second-order valence-electron chi connectivity index (χ2n) is 5.16. The topological polar surface area (TPSA) is 55.6 Å². The standard InChI is InChI=1S/C13H15BrN2O3/c1-13(2,3)19-12(17)16(4)11-6-9-10(18-11)5-8(14)7-15-9/h5-7H,1-4H3. The smallest absolute Gasteiger partial charge is 0.416 e. The van der Waals surface area contributed by atoms with Gasteiger partial charge in [0.05, 0.1) is 0 Å². The number of anilines is 1. The second kappa shape index (κ2) is 4.85. The van der Waals surface area contributed by atoms with Gasteiger partial charge in [-0.1, -0.05) is 0 Å². The summed E-state index contributed by atoms with van der Waals surface area (Å²) in [7, 11) is 1.60. The van der Waals surface area contributed by atoms with E-state index in [1.54, 1.807) is 25.4 Å². The van der Waals surface area contributed by atoms with Crippen LogP contribution in [0.25, 0.3) is 11.1 Å². The fourth-order valence-corrected chi connectivity index (χ4v) is 1.78. The van der Waals surface area contributed by atoms with E-state index in [0.29, 0.717) is 17.0 Å². The molecule has 2 aromatic heterocycles. The van der Waals surface area contributed by atoms with Gasteiger partial charge in [-0.3, -0.25) is 9.88 Å². The number of carbonyl (C=O) groups is 1. The van der Waals surface area contributed by atoms with Crippen LogP contribution < -0.4 is 4.90 Å². The molecule has 2 heterocycles. The molecule has 1 amide bonds. The van der Waals surface area contributed by atoms with Crippen LogP contribution in [0.3, 0.4) is 0 Å². The third kappa shape index (κ3) is 3.26. The van der Waals surface area contributed by atoms with Gasteiger partial charge in [0.15, 0.2) is 5.58 Å². The molecule has 0 N–H and O–H groups in total. The molecule has 0 atom stereocenters. The number of ether oxygens (including phenoxy) is 1. The molecule has 2 aromatic rings. The largest absolute Gasteiger partial charge is 0.443 e. The molecule has 0 radical (unpaired) electrons. The van der Waals surface area contributed by atoms with Gasteiger partial charge in [-0.05, 0) is 42.8 Å². The van der Waals surface area contributed by atoms with Gasteiger partial charge in [-0.25, -0.2) is 4.79 Å². The molecule has 0 bridgehead atoms. The zero-order chi connectivity index (χ0) is 14.2. The van der Waals surface area contributed by atoms with Gasteiger partial charge in [0.25, 0.3) is 0 Å². The molecule has 0 unspecified atom stereocenters. The summed E-state index contributed by atoms with van der Waals surface area (Å²) in [5.41, 5.74) is 0.756. The number of fused-ring (bicyclic) bond motifs is 1. The fourth-order valence-electron chi connectivity index (χ4n) is 1.47. The van der Waals surface area contributed by atoms with Gasteiger partial charge >= 0.3 is 6.09 Å². The van der Waals surface area contributed by atoms with Crippen molar-refractivity contribution in [3.05, 3.63) is 22.8 Å². The second-order valence-corrected chi connectivity index (χ2v) is 6.08. The normalized spacial score (nSPS) is 11.6. The fraction of sp³-hybridized carbons (Fsp3) is 0.385. The third-order valence-corrected chi connectivity index (χ3v) is 2.75. The van der Waals surface area contributed by atoms with Gasteiger partial charge in [0, 0.05) is 23.8 Å². The Labute approximate surface area is 119 Å². The van der Waals surface area contributed by atoms with E-state index in [1.165, 1.54) is 4.90 Å². The van der Waals surface area contributed by atoms with Crippen molar-refractivity contribution in [2.24, 2.45) is 0 Å². The maximum atomic E-state index is 11.9. The van der Waals surface area contributed by atoms with Gasteiger partial charge in [-0.2, -0.15) is 0 Å². The first-order valence-corrected chi connectivity index (χ1v) is 6.57. The Morgan fingerprint density at radius 3 is 2.74 bits per heavy atom. The first-order chi connectivity index (χ1) is 8.76. The van der Waals surface area contributed by atoms with Crippen LogP contribution in [0, 0.1) is 0 Å². The number of carbonyl (C=O) groups excluding carboxylic acids is 1. The highest BCUT2D eigenvalue weighted by atomic mass is 79.9. The van der Waals surface area contributed by atoms with Crippen molar-refractivity contribution in [2.45, 2.75) is 26.4 Å². The zero-order valence-corrected chi connectivity index (χ0v) is 12.8. The van der Waals surface area contributed by atoms with E-state index in [-0.39, 0.29) is 0 Å². The monoisotopic (exact) mass is 326 g/mol. The molecule has 0 aromatic carbocycles. The molecule has 5 nitrogen and oxygen atoms in total. The van der Waals surface area contributed by atoms with Gasteiger partial charge in [0.2, 0.25) is 5.88 Å². The summed E-state index contributed by atoms with van der Waals surface area (Å²) in [6, 6.07) is 3.50. The molecule has 0 aliphatic heterocycles. The summed E-state index contributed by atoms with van der Waals surface area (Å²) < 4.78 is 11.7. The van der Waals surface area contributed by atoms with Crippen LogP contribution in [-0.2, 0) is 4.74 Å². The Hall–Kier alpha value is -1.56. The molecule has 0 aliphatic carbocycles. The predicted molar refractivity (Wildman–Crippen MR) is 76.3 cm³/mol. The molecule has 102 valence electrons. The quantitative estimate of drug-likeness (QED) is 0.795. The van der Waals surface area contributed by atoms with E-state index >= 15 is 0 Å². The minimum absolute atomic E-state index is 0.398. The highest BCUT2D eigenvalue weighted by Gasteiger charge is 2.22. The lowest BCUT2D eigenvalue weighted by atomic mass is 10.2. The van der Waals surface area contributed by atoms with Crippen LogP contribution in [0.4, 0.5) is 10.7 Å². The Bertz CT molecular complexity index is 616. The third-order valence-electron chi connectivity index (χ3n) is 2.32. The summed E-state index contributed by atoms with van der Waals surface area (Å²) in [4.78, 5) is 17.4. The lowest BCUT2D eigenvalue weighted by Gasteiger charge is -2.23. The Kier molecular flexibility index (Phi) is 3.54. The average molecular weight is 327 g/mol. The minimum Gasteiger partial charge on any atom is -0.443 e. The first kappa shape index (κ1) is 13.9. The molecular weight excluding hydrogens is 312 g/mol. The summed E-state index contributed by atoms with van der Waals surface area (Å²) in [5, 5.41) is 0. The van der Waals surface area contributed by atoms with E-state index in [2.05, 4.69) is 20.9 Å². The molecular formula is C13H15BrN2O3. The number of aromatic nitrogens is 1. The number of nitrogens with zero attached hydrogens (tertiary/aromatic N) is 2. The van der Waals surface area contributed by atoms with E-state index in [9.17, 15) is 4.79 Å². The van der Waals surface area contributed by atoms with Gasteiger partial charge < -0.3 is 9.15 Å².